The first-order chi connectivity index (χ1) is 7.13. The molecule has 0 aliphatic carbocycles. The van der Waals surface area contributed by atoms with E-state index < -0.39 is 11.6 Å². The van der Waals surface area contributed by atoms with Crippen LogP contribution < -0.4 is 0 Å². The number of hydrogen-bond donors (Lipinski definition) is 0. The van der Waals surface area contributed by atoms with Crippen LogP contribution in [0.4, 0.5) is 8.78 Å². The van der Waals surface area contributed by atoms with Gasteiger partial charge in [0.15, 0.2) is 5.78 Å². The summed E-state index contributed by atoms with van der Waals surface area (Å²) in [6.07, 6.45) is 0.136. The fraction of sp³-hybridized carbons (Fsp3) is 0.364. The molecular formula is C11H12F2O2. The SMILES string of the molecule is CCOCCC(=O)c1cc(F)cc(F)c1. The minimum atomic E-state index is -0.741. The predicted molar refractivity (Wildman–Crippen MR) is 51.8 cm³/mol. The molecule has 4 heteroatoms. The van der Waals surface area contributed by atoms with Crippen LogP contribution in [0.3, 0.4) is 0 Å². The molecule has 0 aliphatic rings. The van der Waals surface area contributed by atoms with Gasteiger partial charge in [-0.25, -0.2) is 8.78 Å². The molecule has 0 fully saturated rings. The summed E-state index contributed by atoms with van der Waals surface area (Å²) in [6.45, 7) is 2.60. The van der Waals surface area contributed by atoms with Gasteiger partial charge in [-0.3, -0.25) is 4.79 Å². The van der Waals surface area contributed by atoms with Gasteiger partial charge in [0.25, 0.3) is 0 Å². The number of ether oxygens (including phenoxy) is 1. The van der Waals surface area contributed by atoms with Crippen molar-refractivity contribution in [2.75, 3.05) is 13.2 Å². The van der Waals surface area contributed by atoms with E-state index in [4.69, 9.17) is 4.74 Å². The van der Waals surface area contributed by atoms with Crippen molar-refractivity contribution >= 4 is 5.78 Å². The first kappa shape index (κ1) is 11.8. The lowest BCUT2D eigenvalue weighted by Gasteiger charge is -2.02. The Morgan fingerprint density at radius 2 is 1.87 bits per heavy atom. The Morgan fingerprint density at radius 1 is 1.27 bits per heavy atom. The highest BCUT2D eigenvalue weighted by Gasteiger charge is 2.08. The van der Waals surface area contributed by atoms with Gasteiger partial charge in [-0.05, 0) is 19.1 Å². The van der Waals surface area contributed by atoms with Crippen LogP contribution in [0.5, 0.6) is 0 Å². The number of carbonyl (C=O) groups excluding carboxylic acids is 1. The zero-order valence-electron chi connectivity index (χ0n) is 8.43. The predicted octanol–water partition coefficient (Wildman–Crippen LogP) is 2.57. The van der Waals surface area contributed by atoms with Crippen molar-refractivity contribution in [3.63, 3.8) is 0 Å². The maximum absolute atomic E-state index is 12.8. The molecule has 0 aliphatic heterocycles. The number of hydrogen-bond acceptors (Lipinski definition) is 2. The molecule has 82 valence electrons. The highest BCUT2D eigenvalue weighted by atomic mass is 19.1. The van der Waals surface area contributed by atoms with Gasteiger partial charge < -0.3 is 4.74 Å². The average molecular weight is 214 g/mol. The van der Waals surface area contributed by atoms with Gasteiger partial charge in [0.2, 0.25) is 0 Å². The molecule has 1 aromatic carbocycles. The van der Waals surface area contributed by atoms with Gasteiger partial charge in [0, 0.05) is 24.7 Å². The van der Waals surface area contributed by atoms with Crippen molar-refractivity contribution in [1.29, 1.82) is 0 Å². The van der Waals surface area contributed by atoms with Crippen LogP contribution in [0, 0.1) is 11.6 Å². The summed E-state index contributed by atoms with van der Waals surface area (Å²) in [4.78, 5) is 11.4. The van der Waals surface area contributed by atoms with Gasteiger partial charge in [0.1, 0.15) is 11.6 Å². The van der Waals surface area contributed by atoms with Crippen molar-refractivity contribution in [1.82, 2.24) is 0 Å². The van der Waals surface area contributed by atoms with Gasteiger partial charge in [-0.1, -0.05) is 0 Å². The minimum Gasteiger partial charge on any atom is -0.381 e. The van der Waals surface area contributed by atoms with Crippen LogP contribution >= 0.6 is 0 Å². The zero-order chi connectivity index (χ0) is 11.3. The Balaban J connectivity index is 2.65. The zero-order valence-corrected chi connectivity index (χ0v) is 8.43. The highest BCUT2D eigenvalue weighted by Crippen LogP contribution is 2.10. The second-order valence-corrected chi connectivity index (χ2v) is 3.03. The molecule has 0 N–H and O–H groups in total. The molecule has 0 unspecified atom stereocenters. The summed E-state index contributed by atoms with van der Waals surface area (Å²) in [5.41, 5.74) is 0.0483. The van der Waals surface area contributed by atoms with Crippen LogP contribution in [0.25, 0.3) is 0 Å². The number of rotatable bonds is 5. The van der Waals surface area contributed by atoms with Crippen molar-refractivity contribution in [2.45, 2.75) is 13.3 Å². The van der Waals surface area contributed by atoms with Gasteiger partial charge >= 0.3 is 0 Å². The summed E-state index contributed by atoms with van der Waals surface area (Å²) >= 11 is 0. The van der Waals surface area contributed by atoms with Crippen LogP contribution in [-0.2, 0) is 4.74 Å². The van der Waals surface area contributed by atoms with Crippen molar-refractivity contribution in [2.24, 2.45) is 0 Å². The molecule has 2 nitrogen and oxygen atoms in total. The van der Waals surface area contributed by atoms with E-state index in [1.165, 1.54) is 0 Å². The largest absolute Gasteiger partial charge is 0.381 e. The second kappa shape index (κ2) is 5.56. The molecule has 0 saturated carbocycles. The molecule has 0 aromatic heterocycles. The number of Topliss-reactive ketones (excluding diaryl/α,β-unsaturated/α-hetero) is 1. The molecule has 1 aromatic rings. The smallest absolute Gasteiger partial charge is 0.165 e. The second-order valence-electron chi connectivity index (χ2n) is 3.03. The van der Waals surface area contributed by atoms with E-state index in [-0.39, 0.29) is 24.4 Å². The molecule has 0 radical (unpaired) electrons. The van der Waals surface area contributed by atoms with E-state index in [1.54, 1.807) is 0 Å². The quantitative estimate of drug-likeness (QED) is 0.556. The molecule has 1 rings (SSSR count). The Kier molecular flexibility index (Phi) is 4.37. The molecule has 0 atom stereocenters. The minimum absolute atomic E-state index is 0.0483. The number of ketones is 1. The number of benzene rings is 1. The summed E-state index contributed by atoms with van der Waals surface area (Å²) in [5, 5.41) is 0. The molecule has 0 spiro atoms. The van der Waals surface area contributed by atoms with E-state index in [1.807, 2.05) is 6.92 Å². The average Bonchev–Trinajstić information content (AvgIpc) is 2.16. The Hall–Kier alpha value is -1.29. The Bertz CT molecular complexity index is 330. The van der Waals surface area contributed by atoms with E-state index in [0.717, 1.165) is 18.2 Å². The number of halogens is 2. The maximum Gasteiger partial charge on any atom is 0.165 e. The Morgan fingerprint density at radius 3 is 2.40 bits per heavy atom. The molecular weight excluding hydrogens is 202 g/mol. The van der Waals surface area contributed by atoms with E-state index in [2.05, 4.69) is 0 Å². The van der Waals surface area contributed by atoms with Crippen LogP contribution in [0.1, 0.15) is 23.7 Å². The molecule has 0 heterocycles. The molecule has 0 bridgehead atoms. The standard InChI is InChI=1S/C11H12F2O2/c1-2-15-4-3-11(14)8-5-9(12)7-10(13)6-8/h5-7H,2-4H2,1H3. The number of carbonyl (C=O) groups is 1. The maximum atomic E-state index is 12.8. The van der Waals surface area contributed by atoms with Crippen molar-refractivity contribution in [3.05, 3.63) is 35.4 Å². The van der Waals surface area contributed by atoms with Gasteiger partial charge in [0.05, 0.1) is 6.61 Å². The van der Waals surface area contributed by atoms with Crippen LogP contribution in [0.15, 0.2) is 18.2 Å². The lowest BCUT2D eigenvalue weighted by Crippen LogP contribution is -2.05. The normalized spacial score (nSPS) is 10.3. The summed E-state index contributed by atoms with van der Waals surface area (Å²) in [7, 11) is 0. The van der Waals surface area contributed by atoms with Crippen molar-refractivity contribution < 1.29 is 18.3 Å². The summed E-state index contributed by atoms with van der Waals surface area (Å²) in [6, 6.07) is 2.79. The topological polar surface area (TPSA) is 26.3 Å². The highest BCUT2D eigenvalue weighted by molar-refractivity contribution is 5.96. The fourth-order valence-electron chi connectivity index (χ4n) is 1.17. The summed E-state index contributed by atoms with van der Waals surface area (Å²) in [5.74, 6) is -1.80. The van der Waals surface area contributed by atoms with Crippen molar-refractivity contribution in [3.8, 4) is 0 Å². The molecule has 15 heavy (non-hydrogen) atoms. The van der Waals surface area contributed by atoms with Crippen LogP contribution in [0.2, 0.25) is 0 Å². The monoisotopic (exact) mass is 214 g/mol. The Labute approximate surface area is 86.9 Å². The lowest BCUT2D eigenvalue weighted by molar-refractivity contribution is 0.0895. The van der Waals surface area contributed by atoms with E-state index >= 15 is 0 Å². The fourth-order valence-corrected chi connectivity index (χ4v) is 1.17. The van der Waals surface area contributed by atoms with Crippen LogP contribution in [-0.4, -0.2) is 19.0 Å². The first-order valence-corrected chi connectivity index (χ1v) is 4.70. The lowest BCUT2D eigenvalue weighted by atomic mass is 10.1. The summed E-state index contributed by atoms with van der Waals surface area (Å²) < 4.78 is 30.5. The molecule has 0 amide bonds. The third-order valence-electron chi connectivity index (χ3n) is 1.86. The first-order valence-electron chi connectivity index (χ1n) is 4.70. The van der Waals surface area contributed by atoms with E-state index in [0.29, 0.717) is 6.61 Å². The molecule has 0 saturated heterocycles. The van der Waals surface area contributed by atoms with Gasteiger partial charge in [-0.15, -0.1) is 0 Å². The third-order valence-corrected chi connectivity index (χ3v) is 1.86. The van der Waals surface area contributed by atoms with E-state index in [9.17, 15) is 13.6 Å². The third kappa shape index (κ3) is 3.75. The van der Waals surface area contributed by atoms with Gasteiger partial charge in [-0.2, -0.15) is 0 Å².